The van der Waals surface area contributed by atoms with Gasteiger partial charge in [-0.25, -0.2) is 0 Å². The zero-order chi connectivity index (χ0) is 12.0. The van der Waals surface area contributed by atoms with Gasteiger partial charge in [0.2, 0.25) is 0 Å². The summed E-state index contributed by atoms with van der Waals surface area (Å²) in [4.78, 5) is 11.0. The fraction of sp³-hybridized carbons (Fsp3) is 0.917. The van der Waals surface area contributed by atoms with Crippen LogP contribution in [0, 0.1) is 17.8 Å². The van der Waals surface area contributed by atoms with Crippen LogP contribution in [0.5, 0.6) is 0 Å². The number of likely N-dealkylation sites (tertiary alicyclic amines) is 1. The Morgan fingerprint density at radius 2 is 1.88 bits per heavy atom. The highest BCUT2D eigenvalue weighted by molar-refractivity contribution is 5.32. The minimum Gasteiger partial charge on any atom is -0.483 e. The van der Waals surface area contributed by atoms with E-state index in [1.165, 1.54) is 32.7 Å². The van der Waals surface area contributed by atoms with Gasteiger partial charge in [-0.1, -0.05) is 13.8 Å². The fourth-order valence-electron chi connectivity index (χ4n) is 2.49. The number of hydrogen-bond donors (Lipinski definition) is 2. The maximum atomic E-state index is 8.36. The van der Waals surface area contributed by atoms with E-state index in [9.17, 15) is 0 Å². The lowest BCUT2D eigenvalue weighted by molar-refractivity contribution is -0.122. The predicted octanol–water partition coefficient (Wildman–Crippen LogP) is 1.38. The van der Waals surface area contributed by atoms with Gasteiger partial charge in [-0.3, -0.25) is 4.79 Å². The maximum absolute atomic E-state index is 8.36. The Hall–Kier alpha value is -0.610. The van der Waals surface area contributed by atoms with Gasteiger partial charge in [-0.05, 0) is 24.2 Å². The van der Waals surface area contributed by atoms with E-state index in [0.717, 1.165) is 17.8 Å². The molecule has 4 heteroatoms. The van der Waals surface area contributed by atoms with Gasteiger partial charge in [0, 0.05) is 35.6 Å². The number of fused-ring (bicyclic) bond motifs is 1. The molecule has 1 saturated carbocycles. The molecule has 16 heavy (non-hydrogen) atoms. The summed E-state index contributed by atoms with van der Waals surface area (Å²) in [5.74, 6) is 3.21. The van der Waals surface area contributed by atoms with Gasteiger partial charge >= 0.3 is 0 Å². The Balaban J connectivity index is 0. The van der Waals surface area contributed by atoms with Crippen molar-refractivity contribution < 1.29 is 12.8 Å². The van der Waals surface area contributed by atoms with Gasteiger partial charge in [0.15, 0.2) is 0 Å². The summed E-state index contributed by atoms with van der Waals surface area (Å²) in [7, 11) is 0. The molecule has 3 aliphatic rings. The number of nitrogens with one attached hydrogen (secondary N) is 1. The fourth-order valence-corrected chi connectivity index (χ4v) is 2.49. The first-order valence-corrected chi connectivity index (χ1v) is 6.34. The second-order valence-electron chi connectivity index (χ2n) is 4.60. The average Bonchev–Trinajstić information content (AvgIpc) is 2.85. The number of nitrogens with zero attached hydrogens (tertiary/aromatic N) is 1. The van der Waals surface area contributed by atoms with Crippen LogP contribution in [0.3, 0.4) is 0 Å². The molecule has 1 aliphatic carbocycles. The molecule has 0 radical (unpaired) electrons. The topological polar surface area (TPSA) is 52.6 Å². The smallest absolute Gasteiger partial charge is 0.290 e. The molecule has 0 spiro atoms. The predicted molar refractivity (Wildman–Crippen MR) is 68.7 cm³/mol. The highest BCUT2D eigenvalue weighted by atomic mass is 16.3. The van der Waals surface area contributed by atoms with Crippen LogP contribution >= 0.6 is 0 Å². The molecule has 2 N–H and O–H groups in total. The molecule has 4 nitrogen and oxygen atoms in total. The van der Waals surface area contributed by atoms with Crippen LogP contribution in [0.1, 0.15) is 23.1 Å². The van der Waals surface area contributed by atoms with Crippen molar-refractivity contribution >= 4 is 6.47 Å². The van der Waals surface area contributed by atoms with Gasteiger partial charge in [0.25, 0.3) is 6.47 Å². The average molecular weight is 232 g/mol. The van der Waals surface area contributed by atoms with E-state index in [-0.39, 0.29) is 9.33 Å². The molecule has 0 bridgehead atoms. The molecule has 0 aromatic carbocycles. The molecule has 2 heterocycles. The van der Waals surface area contributed by atoms with Crippen molar-refractivity contribution in [3.63, 3.8) is 0 Å². The second kappa shape index (κ2) is 6.86. The van der Waals surface area contributed by atoms with Gasteiger partial charge in [-0.15, -0.1) is 0 Å². The molecule has 2 aliphatic heterocycles. The zero-order valence-corrected chi connectivity index (χ0v) is 10.4. The van der Waals surface area contributed by atoms with Crippen LogP contribution in [0.4, 0.5) is 0 Å². The Morgan fingerprint density at radius 3 is 2.25 bits per heavy atom. The highest BCUT2D eigenvalue weighted by Gasteiger charge is 2.45. The zero-order valence-electron chi connectivity index (χ0n) is 10.4. The largest absolute Gasteiger partial charge is 0.483 e. The van der Waals surface area contributed by atoms with Crippen LogP contribution in [-0.2, 0) is 4.79 Å². The number of rotatable bonds is 2. The minimum atomic E-state index is -0.250. The van der Waals surface area contributed by atoms with Crippen molar-refractivity contribution in [3.05, 3.63) is 0 Å². The van der Waals surface area contributed by atoms with E-state index >= 15 is 0 Å². The van der Waals surface area contributed by atoms with E-state index in [4.69, 9.17) is 9.90 Å². The molecule has 2 atom stereocenters. The molecule has 0 aromatic rings. The Labute approximate surface area is 101 Å². The van der Waals surface area contributed by atoms with Gasteiger partial charge in [0.05, 0.1) is 0 Å². The van der Waals surface area contributed by atoms with E-state index in [0.29, 0.717) is 0 Å². The summed E-state index contributed by atoms with van der Waals surface area (Å²) < 4.78 is 0. The summed E-state index contributed by atoms with van der Waals surface area (Å²) in [6.45, 7) is 10.5. The molecular weight excluding hydrogens is 204 g/mol. The monoisotopic (exact) mass is 232 g/mol. The lowest BCUT2D eigenvalue weighted by Crippen LogP contribution is -2.48. The lowest BCUT2D eigenvalue weighted by Gasteiger charge is -2.31. The molecule has 0 aromatic heterocycles. The summed E-state index contributed by atoms with van der Waals surface area (Å²) in [6, 6.07) is 0. The quantitative estimate of drug-likeness (QED) is 0.706. The van der Waals surface area contributed by atoms with Crippen LogP contribution in [0.2, 0.25) is 0 Å². The Bertz CT molecular complexity index is 206. The second-order valence-corrected chi connectivity index (χ2v) is 4.60. The molecule has 98 valence electrons. The molecule has 2 unspecified atom stereocenters. The molecule has 2 saturated heterocycles. The van der Waals surface area contributed by atoms with Crippen molar-refractivity contribution in [1.82, 2.24) is 10.2 Å². The highest BCUT2D eigenvalue weighted by Crippen LogP contribution is 2.44. The number of piperidine rings is 1. The molecule has 3 fully saturated rings. The summed E-state index contributed by atoms with van der Waals surface area (Å²) in [5, 5.41) is 10.2. The van der Waals surface area contributed by atoms with Gasteiger partial charge < -0.3 is 15.3 Å². The standard InChI is InChI=1S/C9H16N2.C2H6.CH2O2.2H2/c1-8-5-11(6-9(1)8)4-7-2-10-3-7;1-2;2-1-3;;/h7-10H,1-6H2;1-2H3;1H,(H,2,3);2*1H. The third-order valence-electron chi connectivity index (χ3n) is 3.44. The normalized spacial score (nSPS) is 31.1. The van der Waals surface area contributed by atoms with Gasteiger partial charge in [0.1, 0.15) is 0 Å². The summed E-state index contributed by atoms with van der Waals surface area (Å²) in [5.41, 5.74) is 0. The van der Waals surface area contributed by atoms with Crippen molar-refractivity contribution in [2.75, 3.05) is 32.7 Å². The van der Waals surface area contributed by atoms with Crippen molar-refractivity contribution in [2.24, 2.45) is 17.8 Å². The van der Waals surface area contributed by atoms with Crippen LogP contribution < -0.4 is 5.32 Å². The molecule has 0 amide bonds. The van der Waals surface area contributed by atoms with Gasteiger partial charge in [-0.2, -0.15) is 0 Å². The van der Waals surface area contributed by atoms with Crippen LogP contribution in [0.25, 0.3) is 0 Å². The van der Waals surface area contributed by atoms with Crippen molar-refractivity contribution in [3.8, 4) is 0 Å². The van der Waals surface area contributed by atoms with Crippen molar-refractivity contribution in [2.45, 2.75) is 20.3 Å². The summed E-state index contributed by atoms with van der Waals surface area (Å²) >= 11 is 0. The number of hydrogen-bond acceptors (Lipinski definition) is 3. The Morgan fingerprint density at radius 1 is 1.38 bits per heavy atom. The Kier molecular flexibility index (Phi) is 5.77. The number of carboxylic acid groups (broad SMARTS) is 1. The first-order chi connectivity index (χ1) is 7.83. The van der Waals surface area contributed by atoms with Crippen LogP contribution in [0.15, 0.2) is 0 Å². The summed E-state index contributed by atoms with van der Waals surface area (Å²) in [6.07, 6.45) is 1.54. The lowest BCUT2D eigenvalue weighted by atomic mass is 10.0. The van der Waals surface area contributed by atoms with E-state index in [2.05, 4.69) is 10.2 Å². The first kappa shape index (κ1) is 13.5. The number of carbonyl (C=O) groups is 1. The molecular formula is C12H28N2O2. The molecule has 3 rings (SSSR count). The van der Waals surface area contributed by atoms with Crippen molar-refractivity contribution in [1.29, 1.82) is 0 Å². The third kappa shape index (κ3) is 3.76. The maximum Gasteiger partial charge on any atom is 0.290 e. The van der Waals surface area contributed by atoms with Crippen LogP contribution in [-0.4, -0.2) is 49.2 Å². The van der Waals surface area contributed by atoms with E-state index in [1.54, 1.807) is 6.42 Å². The van der Waals surface area contributed by atoms with E-state index < -0.39 is 0 Å². The minimum absolute atomic E-state index is 0. The SMILES string of the molecule is C1NCC1CN1CC2CC2C1.CC.O=CO.[HH].[HH]. The first-order valence-electron chi connectivity index (χ1n) is 6.34. The van der Waals surface area contributed by atoms with E-state index in [1.807, 2.05) is 13.8 Å². The third-order valence-corrected chi connectivity index (χ3v) is 3.44.